The molecule has 2 N–H and O–H groups in total. The summed E-state index contributed by atoms with van der Waals surface area (Å²) in [6.07, 6.45) is 1.50. The number of carbonyl (C=O) groups excluding carboxylic acids is 1. The molecule has 17 heavy (non-hydrogen) atoms. The van der Waals surface area contributed by atoms with Crippen LogP contribution in [0.5, 0.6) is 0 Å². The Morgan fingerprint density at radius 2 is 2.06 bits per heavy atom. The molecule has 0 aliphatic rings. The van der Waals surface area contributed by atoms with Crippen LogP contribution in [-0.2, 0) is 18.6 Å². The Bertz CT molecular complexity index is 308. The minimum atomic E-state index is -4.53. The van der Waals surface area contributed by atoms with Crippen molar-refractivity contribution in [1.82, 2.24) is 0 Å². The maximum Gasteiger partial charge on any atom is 0.469 e. The molecule has 0 aliphatic heterocycles. The van der Waals surface area contributed by atoms with Crippen LogP contribution in [0.4, 0.5) is 0 Å². The van der Waals surface area contributed by atoms with Crippen molar-refractivity contribution in [3.8, 4) is 0 Å². The van der Waals surface area contributed by atoms with Gasteiger partial charge in [-0.3, -0.25) is 4.52 Å². The molecule has 0 fully saturated rings. The van der Waals surface area contributed by atoms with Gasteiger partial charge in [0.25, 0.3) is 0 Å². The van der Waals surface area contributed by atoms with Crippen LogP contribution in [0.1, 0.15) is 33.1 Å². The summed E-state index contributed by atoms with van der Waals surface area (Å²) in [5.41, 5.74) is 0.239. The van der Waals surface area contributed by atoms with Gasteiger partial charge in [0.05, 0.1) is 6.61 Å². The predicted octanol–water partition coefficient (Wildman–Crippen LogP) is 1.77. The minimum absolute atomic E-state index is 0.239. The quantitative estimate of drug-likeness (QED) is 0.395. The average molecular weight is 266 g/mol. The van der Waals surface area contributed by atoms with Crippen LogP contribution >= 0.6 is 7.82 Å². The molecule has 1 atom stereocenters. The van der Waals surface area contributed by atoms with Gasteiger partial charge in [0.1, 0.15) is 6.10 Å². The number of esters is 1. The first-order chi connectivity index (χ1) is 7.76. The molecule has 0 rings (SSSR count). The number of phosphoric acid groups is 1. The van der Waals surface area contributed by atoms with E-state index in [0.717, 1.165) is 12.8 Å². The fraction of sp³-hybridized carbons (Fsp3) is 0.700. The van der Waals surface area contributed by atoms with Gasteiger partial charge in [-0.2, -0.15) is 0 Å². The Morgan fingerprint density at radius 3 is 2.47 bits per heavy atom. The van der Waals surface area contributed by atoms with E-state index in [2.05, 4.69) is 11.1 Å². The van der Waals surface area contributed by atoms with E-state index in [4.69, 9.17) is 14.5 Å². The van der Waals surface area contributed by atoms with E-state index < -0.39 is 19.9 Å². The number of unbranched alkanes of at least 4 members (excludes halogenated alkanes) is 1. The van der Waals surface area contributed by atoms with E-state index in [1.807, 2.05) is 6.92 Å². The predicted molar refractivity (Wildman–Crippen MR) is 62.2 cm³/mol. The first-order valence-electron chi connectivity index (χ1n) is 5.32. The average Bonchev–Trinajstić information content (AvgIpc) is 2.20. The zero-order valence-electron chi connectivity index (χ0n) is 10.1. The largest absolute Gasteiger partial charge is 0.469 e. The number of ether oxygens (including phenoxy) is 1. The fourth-order valence-electron chi connectivity index (χ4n) is 1.04. The van der Waals surface area contributed by atoms with Gasteiger partial charge in [-0.05, 0) is 19.8 Å². The zero-order chi connectivity index (χ0) is 13.5. The first kappa shape index (κ1) is 16.3. The minimum Gasteiger partial charge on any atom is -0.457 e. The summed E-state index contributed by atoms with van der Waals surface area (Å²) in [6, 6.07) is 0. The molecule has 0 heterocycles. The van der Waals surface area contributed by atoms with Crippen LogP contribution in [-0.4, -0.2) is 28.5 Å². The number of rotatable bonds is 8. The number of phosphoric ester groups is 1. The van der Waals surface area contributed by atoms with Crippen molar-refractivity contribution in [2.24, 2.45) is 0 Å². The van der Waals surface area contributed by atoms with Crippen molar-refractivity contribution in [1.29, 1.82) is 0 Å². The third kappa shape index (κ3) is 9.06. The molecule has 0 saturated carbocycles. The highest BCUT2D eigenvalue weighted by Gasteiger charge is 2.21. The van der Waals surface area contributed by atoms with Gasteiger partial charge >= 0.3 is 13.8 Å². The Morgan fingerprint density at radius 1 is 1.47 bits per heavy atom. The molecule has 100 valence electrons. The van der Waals surface area contributed by atoms with Gasteiger partial charge in [-0.1, -0.05) is 19.9 Å². The Labute approximate surface area is 101 Å². The molecular weight excluding hydrogens is 247 g/mol. The molecule has 0 spiro atoms. The second-order valence-electron chi connectivity index (χ2n) is 3.74. The van der Waals surface area contributed by atoms with Gasteiger partial charge in [0.15, 0.2) is 0 Å². The van der Waals surface area contributed by atoms with E-state index in [1.54, 1.807) is 0 Å². The topological polar surface area (TPSA) is 93.1 Å². The molecule has 0 saturated heterocycles. The summed E-state index contributed by atoms with van der Waals surface area (Å²) in [5.74, 6) is -0.583. The molecule has 1 unspecified atom stereocenters. The van der Waals surface area contributed by atoms with Crippen molar-refractivity contribution in [2.75, 3.05) is 6.61 Å². The van der Waals surface area contributed by atoms with Crippen LogP contribution in [0, 0.1) is 0 Å². The molecule has 0 bridgehead atoms. The third-order valence-corrected chi connectivity index (χ3v) is 2.42. The summed E-state index contributed by atoms with van der Waals surface area (Å²) in [6.45, 7) is 6.58. The first-order valence-corrected chi connectivity index (χ1v) is 6.86. The van der Waals surface area contributed by atoms with Gasteiger partial charge in [0.2, 0.25) is 0 Å². The van der Waals surface area contributed by atoms with Gasteiger partial charge in [-0.25, -0.2) is 9.36 Å². The molecule has 6 nitrogen and oxygen atoms in total. The van der Waals surface area contributed by atoms with E-state index in [0.29, 0.717) is 6.42 Å². The summed E-state index contributed by atoms with van der Waals surface area (Å²) in [7, 11) is -4.53. The van der Waals surface area contributed by atoms with E-state index in [9.17, 15) is 9.36 Å². The van der Waals surface area contributed by atoms with E-state index >= 15 is 0 Å². The molecule has 0 aromatic heterocycles. The monoisotopic (exact) mass is 266 g/mol. The molecule has 0 radical (unpaired) electrons. The maximum atomic E-state index is 11.3. The number of hydrogen-bond acceptors (Lipinski definition) is 4. The van der Waals surface area contributed by atoms with Crippen molar-refractivity contribution < 1.29 is 28.4 Å². The second-order valence-corrected chi connectivity index (χ2v) is 4.98. The normalized spacial score (nSPS) is 13.2. The number of hydrogen-bond donors (Lipinski definition) is 2. The lowest BCUT2D eigenvalue weighted by Crippen LogP contribution is -2.23. The smallest absolute Gasteiger partial charge is 0.457 e. The summed E-state index contributed by atoms with van der Waals surface area (Å²) >= 11 is 0. The van der Waals surface area contributed by atoms with Crippen molar-refractivity contribution >= 4 is 13.8 Å². The Hall–Kier alpha value is -0.680. The molecule has 0 aromatic carbocycles. The number of carbonyl (C=O) groups is 1. The lowest BCUT2D eigenvalue weighted by Gasteiger charge is -2.18. The highest BCUT2D eigenvalue weighted by molar-refractivity contribution is 7.46. The molecule has 7 heteroatoms. The van der Waals surface area contributed by atoms with E-state index in [1.165, 1.54) is 6.92 Å². The van der Waals surface area contributed by atoms with Crippen molar-refractivity contribution in [3.63, 3.8) is 0 Å². The van der Waals surface area contributed by atoms with Crippen LogP contribution in [0.25, 0.3) is 0 Å². The van der Waals surface area contributed by atoms with Crippen LogP contribution in [0.15, 0.2) is 12.2 Å². The lowest BCUT2D eigenvalue weighted by molar-refractivity contribution is -0.146. The van der Waals surface area contributed by atoms with Gasteiger partial charge in [-0.15, -0.1) is 0 Å². The van der Waals surface area contributed by atoms with Crippen molar-refractivity contribution in [2.45, 2.75) is 39.2 Å². The van der Waals surface area contributed by atoms with Gasteiger partial charge in [0, 0.05) is 5.57 Å². The van der Waals surface area contributed by atoms with Crippen LogP contribution < -0.4 is 0 Å². The van der Waals surface area contributed by atoms with Gasteiger partial charge < -0.3 is 14.5 Å². The summed E-state index contributed by atoms with van der Waals surface area (Å²) in [4.78, 5) is 28.4. The summed E-state index contributed by atoms with van der Waals surface area (Å²) in [5, 5.41) is 0. The molecule has 0 aliphatic carbocycles. The standard InChI is InChI=1S/C10H19O6P/c1-4-5-6-9(7-15-17(12,13)14)16-10(11)8(2)3/h9H,2,4-7H2,1,3H3,(H2,12,13,14). The summed E-state index contributed by atoms with van der Waals surface area (Å²) < 4.78 is 19.9. The SMILES string of the molecule is C=C(C)C(=O)OC(CCCC)COP(=O)(O)O. The highest BCUT2D eigenvalue weighted by Crippen LogP contribution is 2.36. The molecule has 0 amide bonds. The highest BCUT2D eigenvalue weighted by atomic mass is 31.2. The second kappa shape index (κ2) is 7.61. The lowest BCUT2D eigenvalue weighted by atomic mass is 10.2. The van der Waals surface area contributed by atoms with Crippen molar-refractivity contribution in [3.05, 3.63) is 12.2 Å². The van der Waals surface area contributed by atoms with Crippen LogP contribution in [0.3, 0.4) is 0 Å². The Kier molecular flexibility index (Phi) is 7.30. The zero-order valence-corrected chi connectivity index (χ0v) is 11.0. The maximum absolute atomic E-state index is 11.3. The van der Waals surface area contributed by atoms with E-state index in [-0.39, 0.29) is 12.2 Å². The Balaban J connectivity index is 4.27. The fourth-order valence-corrected chi connectivity index (χ4v) is 1.40. The molecule has 0 aromatic rings. The van der Waals surface area contributed by atoms with Crippen LogP contribution in [0.2, 0.25) is 0 Å². The molecular formula is C10H19O6P. The third-order valence-electron chi connectivity index (χ3n) is 1.93.